The Labute approximate surface area is 188 Å². The molecule has 1 saturated heterocycles. The van der Waals surface area contributed by atoms with Gasteiger partial charge in [-0.25, -0.2) is 8.42 Å². The average Bonchev–Trinajstić information content (AvgIpc) is 3.03. The van der Waals surface area contributed by atoms with E-state index in [4.69, 9.17) is 0 Å². The molecule has 2 aromatic rings. The minimum Gasteiger partial charge on any atom is -0.331 e. The number of sulfone groups is 1. The lowest BCUT2D eigenvalue weighted by molar-refractivity contribution is -0.128. The van der Waals surface area contributed by atoms with Crippen LogP contribution in [0.5, 0.6) is 0 Å². The van der Waals surface area contributed by atoms with Gasteiger partial charge >= 0.3 is 0 Å². The predicted octanol–water partition coefficient (Wildman–Crippen LogP) is 4.98. The summed E-state index contributed by atoms with van der Waals surface area (Å²) in [6.07, 6.45) is 3.83. The molecule has 1 fully saturated rings. The largest absolute Gasteiger partial charge is 0.331 e. The summed E-state index contributed by atoms with van der Waals surface area (Å²) in [6, 6.07) is 15.6. The molecular formula is C24H28BrNO3S. The van der Waals surface area contributed by atoms with Crippen LogP contribution in [0.25, 0.3) is 6.08 Å². The zero-order valence-corrected chi connectivity index (χ0v) is 20.0. The fourth-order valence-electron chi connectivity index (χ4n) is 3.60. The Balaban J connectivity index is 1.80. The van der Waals surface area contributed by atoms with Gasteiger partial charge in [0.2, 0.25) is 5.91 Å². The van der Waals surface area contributed by atoms with E-state index >= 15 is 0 Å². The first-order valence-corrected chi connectivity index (χ1v) is 12.7. The van der Waals surface area contributed by atoms with E-state index < -0.39 is 9.84 Å². The Bertz CT molecular complexity index is 1040. The van der Waals surface area contributed by atoms with Crippen LogP contribution in [0.3, 0.4) is 0 Å². The van der Waals surface area contributed by atoms with Crippen molar-refractivity contribution in [1.29, 1.82) is 0 Å². The summed E-state index contributed by atoms with van der Waals surface area (Å²) in [7, 11) is -3.09. The lowest BCUT2D eigenvalue weighted by atomic mass is 9.87. The van der Waals surface area contributed by atoms with Crippen LogP contribution in [0.2, 0.25) is 0 Å². The zero-order chi connectivity index (χ0) is 21.9. The highest BCUT2D eigenvalue weighted by Crippen LogP contribution is 2.24. The molecule has 1 heterocycles. The van der Waals surface area contributed by atoms with Crippen LogP contribution in [-0.2, 0) is 26.6 Å². The first-order chi connectivity index (χ1) is 14.0. The van der Waals surface area contributed by atoms with E-state index in [-0.39, 0.29) is 28.9 Å². The molecule has 1 amide bonds. The number of hydrogen-bond acceptors (Lipinski definition) is 3. The van der Waals surface area contributed by atoms with Crippen LogP contribution < -0.4 is 0 Å². The van der Waals surface area contributed by atoms with Crippen LogP contribution >= 0.6 is 15.9 Å². The molecule has 2 aromatic carbocycles. The fourth-order valence-corrected chi connectivity index (χ4v) is 5.78. The van der Waals surface area contributed by atoms with Crippen LogP contribution in [0.15, 0.2) is 59.1 Å². The highest BCUT2D eigenvalue weighted by molar-refractivity contribution is 9.10. The summed E-state index contributed by atoms with van der Waals surface area (Å²) in [5.41, 5.74) is 3.22. The van der Waals surface area contributed by atoms with Gasteiger partial charge in [-0.1, -0.05) is 73.1 Å². The smallest absolute Gasteiger partial charge is 0.247 e. The standard InChI is InChI=1S/C24H28BrNO3S/c1-24(2,3)20-10-7-18(8-11-20)9-12-23(27)26(22-13-14-30(28,29)17-22)16-19-5-4-6-21(25)15-19/h4-12,15,22H,13-14,16-17H2,1-3H3/b12-9+/t22-/m1/s1. The minimum atomic E-state index is -3.09. The van der Waals surface area contributed by atoms with Crippen molar-refractivity contribution < 1.29 is 13.2 Å². The molecule has 1 aliphatic rings. The Morgan fingerprint density at radius 3 is 2.43 bits per heavy atom. The highest BCUT2D eigenvalue weighted by atomic mass is 79.9. The molecule has 3 rings (SSSR count). The third-order valence-corrected chi connectivity index (χ3v) is 7.61. The third kappa shape index (κ3) is 6.05. The van der Waals surface area contributed by atoms with Crippen molar-refractivity contribution >= 4 is 37.8 Å². The Hall–Kier alpha value is -1.92. The number of benzene rings is 2. The van der Waals surface area contributed by atoms with Gasteiger partial charge in [0, 0.05) is 23.1 Å². The quantitative estimate of drug-likeness (QED) is 0.556. The molecule has 0 aliphatic carbocycles. The third-order valence-electron chi connectivity index (χ3n) is 5.37. The summed E-state index contributed by atoms with van der Waals surface area (Å²) >= 11 is 3.46. The van der Waals surface area contributed by atoms with Gasteiger partial charge in [-0.3, -0.25) is 4.79 Å². The number of carbonyl (C=O) groups is 1. The normalized spacial score (nSPS) is 18.6. The summed E-state index contributed by atoms with van der Waals surface area (Å²) in [4.78, 5) is 14.7. The van der Waals surface area contributed by atoms with Gasteiger partial charge in [0.1, 0.15) is 0 Å². The number of rotatable bonds is 5. The van der Waals surface area contributed by atoms with E-state index in [1.54, 1.807) is 17.1 Å². The van der Waals surface area contributed by atoms with E-state index in [9.17, 15) is 13.2 Å². The number of amides is 1. The predicted molar refractivity (Wildman–Crippen MR) is 126 cm³/mol. The zero-order valence-electron chi connectivity index (χ0n) is 17.6. The van der Waals surface area contributed by atoms with Gasteiger partial charge < -0.3 is 4.90 Å². The topological polar surface area (TPSA) is 54.5 Å². The molecule has 0 N–H and O–H groups in total. The Kier molecular flexibility index (Phi) is 6.88. The second-order valence-corrected chi connectivity index (χ2v) is 12.0. The molecule has 1 atom stereocenters. The number of carbonyl (C=O) groups excluding carboxylic acids is 1. The van der Waals surface area contributed by atoms with Crippen molar-refractivity contribution in [2.75, 3.05) is 11.5 Å². The monoisotopic (exact) mass is 489 g/mol. The lowest BCUT2D eigenvalue weighted by Crippen LogP contribution is -2.39. The maximum Gasteiger partial charge on any atom is 0.247 e. The minimum absolute atomic E-state index is 0.0286. The van der Waals surface area contributed by atoms with Gasteiger partial charge in [-0.15, -0.1) is 0 Å². The summed E-state index contributed by atoms with van der Waals surface area (Å²) < 4.78 is 24.9. The molecule has 0 saturated carbocycles. The molecule has 0 aromatic heterocycles. The van der Waals surface area contributed by atoms with Gasteiger partial charge in [-0.05, 0) is 46.7 Å². The van der Waals surface area contributed by atoms with Crippen molar-refractivity contribution in [2.45, 2.75) is 45.2 Å². The van der Waals surface area contributed by atoms with E-state index in [0.29, 0.717) is 13.0 Å². The first kappa shape index (κ1) is 22.8. The van der Waals surface area contributed by atoms with E-state index in [1.165, 1.54) is 5.56 Å². The number of nitrogens with zero attached hydrogens (tertiary/aromatic N) is 1. The molecule has 6 heteroatoms. The molecule has 160 valence electrons. The van der Waals surface area contributed by atoms with E-state index in [2.05, 4.69) is 48.8 Å². The number of hydrogen-bond donors (Lipinski definition) is 0. The van der Waals surface area contributed by atoms with Crippen molar-refractivity contribution in [1.82, 2.24) is 4.90 Å². The first-order valence-electron chi connectivity index (χ1n) is 10.1. The summed E-state index contributed by atoms with van der Waals surface area (Å²) in [5, 5.41) is 0. The van der Waals surface area contributed by atoms with Gasteiger partial charge in [0.05, 0.1) is 11.5 Å². The number of halogens is 1. The summed E-state index contributed by atoms with van der Waals surface area (Å²) in [6.45, 7) is 6.87. The van der Waals surface area contributed by atoms with Crippen LogP contribution in [0.1, 0.15) is 43.9 Å². The molecule has 1 aliphatic heterocycles. The fraction of sp³-hybridized carbons (Fsp3) is 0.375. The van der Waals surface area contributed by atoms with Gasteiger partial charge in [0.15, 0.2) is 9.84 Å². The van der Waals surface area contributed by atoms with Crippen LogP contribution in [0, 0.1) is 0 Å². The SMILES string of the molecule is CC(C)(C)c1ccc(/C=C/C(=O)N(Cc2cccc(Br)c2)[C@@H]2CCS(=O)(=O)C2)cc1. The van der Waals surface area contributed by atoms with Gasteiger partial charge in [-0.2, -0.15) is 0 Å². The maximum absolute atomic E-state index is 13.1. The molecule has 30 heavy (non-hydrogen) atoms. The molecule has 0 bridgehead atoms. The van der Waals surface area contributed by atoms with Gasteiger partial charge in [0.25, 0.3) is 0 Å². The molecule has 0 unspecified atom stereocenters. The Morgan fingerprint density at radius 1 is 1.17 bits per heavy atom. The van der Waals surface area contributed by atoms with Crippen molar-refractivity contribution in [3.05, 3.63) is 75.8 Å². The Morgan fingerprint density at radius 2 is 1.87 bits per heavy atom. The molecule has 0 radical (unpaired) electrons. The molecular weight excluding hydrogens is 462 g/mol. The lowest BCUT2D eigenvalue weighted by Gasteiger charge is -2.27. The average molecular weight is 490 g/mol. The second-order valence-electron chi connectivity index (χ2n) is 8.86. The van der Waals surface area contributed by atoms with Crippen molar-refractivity contribution in [2.24, 2.45) is 0 Å². The summed E-state index contributed by atoms with van der Waals surface area (Å²) in [5.74, 6) is -0.00402. The van der Waals surface area contributed by atoms with Crippen LogP contribution in [-0.4, -0.2) is 36.8 Å². The molecule has 4 nitrogen and oxygen atoms in total. The highest BCUT2D eigenvalue weighted by Gasteiger charge is 2.34. The van der Waals surface area contributed by atoms with E-state index in [1.807, 2.05) is 36.4 Å². The van der Waals surface area contributed by atoms with Crippen molar-refractivity contribution in [3.8, 4) is 0 Å². The second kappa shape index (κ2) is 9.06. The maximum atomic E-state index is 13.1. The van der Waals surface area contributed by atoms with Crippen LogP contribution in [0.4, 0.5) is 0 Å². The molecule has 0 spiro atoms. The van der Waals surface area contributed by atoms with Crippen molar-refractivity contribution in [3.63, 3.8) is 0 Å². The van der Waals surface area contributed by atoms with E-state index in [0.717, 1.165) is 15.6 Å².